The molecule has 1 heterocycles. The van der Waals surface area contributed by atoms with Crippen LogP contribution in [0.1, 0.15) is 49.3 Å². The Morgan fingerprint density at radius 3 is 2.59 bits per heavy atom. The standard InChI is InChI=1S/C33H42N2O6/c1-24(2)34-28-10-6-8-25(20-28)22-41-32-21-35(33(36)37)17-16-30(32)26-12-14-29(15-13-26)40-19-7-18-39-23-27-9-4-5-11-31(27)38-3/h4-6,8-15,20,24,30,32,34H,7,16-19,21-23H2,1-3H3,(H,36,37). The normalized spacial score (nSPS) is 16.9. The number of carboxylic acid groups (broad SMARTS) is 1. The Labute approximate surface area is 243 Å². The first kappa shape index (κ1) is 30.2. The molecule has 1 saturated heterocycles. The number of nitrogens with zero attached hydrogens (tertiary/aromatic N) is 1. The zero-order valence-electron chi connectivity index (χ0n) is 24.3. The van der Waals surface area contributed by atoms with Crippen LogP contribution in [0.15, 0.2) is 72.8 Å². The molecule has 3 aromatic carbocycles. The van der Waals surface area contributed by atoms with E-state index in [1.54, 1.807) is 7.11 Å². The molecule has 2 unspecified atom stereocenters. The Kier molecular flexibility index (Phi) is 11.3. The monoisotopic (exact) mass is 562 g/mol. The van der Waals surface area contributed by atoms with E-state index in [1.165, 1.54) is 4.90 Å². The van der Waals surface area contributed by atoms with Crippen molar-refractivity contribution < 1.29 is 28.8 Å². The molecule has 2 atom stereocenters. The van der Waals surface area contributed by atoms with Gasteiger partial charge in [0.1, 0.15) is 11.5 Å². The van der Waals surface area contributed by atoms with Gasteiger partial charge < -0.3 is 34.3 Å². The second kappa shape index (κ2) is 15.3. The molecule has 0 aromatic heterocycles. The van der Waals surface area contributed by atoms with E-state index in [0.717, 1.165) is 40.3 Å². The molecule has 0 spiro atoms. The van der Waals surface area contributed by atoms with Crippen molar-refractivity contribution in [1.29, 1.82) is 0 Å². The molecule has 0 saturated carbocycles. The highest BCUT2D eigenvalue weighted by molar-refractivity contribution is 5.65. The molecule has 8 heteroatoms. The molecular weight excluding hydrogens is 520 g/mol. The van der Waals surface area contributed by atoms with Gasteiger partial charge in [0.05, 0.1) is 46.2 Å². The summed E-state index contributed by atoms with van der Waals surface area (Å²) >= 11 is 0. The highest BCUT2D eigenvalue weighted by Crippen LogP contribution is 2.32. The number of benzene rings is 3. The number of methoxy groups -OCH3 is 1. The molecule has 4 rings (SSSR count). The number of anilines is 1. The highest BCUT2D eigenvalue weighted by Gasteiger charge is 2.33. The third kappa shape index (κ3) is 9.13. The zero-order valence-corrected chi connectivity index (χ0v) is 24.3. The summed E-state index contributed by atoms with van der Waals surface area (Å²) in [5.74, 6) is 1.73. The predicted molar refractivity (Wildman–Crippen MR) is 160 cm³/mol. The Morgan fingerprint density at radius 1 is 1.02 bits per heavy atom. The van der Waals surface area contributed by atoms with Crippen molar-refractivity contribution in [3.05, 3.63) is 89.5 Å². The average Bonchev–Trinajstić information content (AvgIpc) is 2.98. The van der Waals surface area contributed by atoms with Crippen molar-refractivity contribution in [1.82, 2.24) is 4.90 Å². The van der Waals surface area contributed by atoms with Crippen LogP contribution < -0.4 is 14.8 Å². The Balaban J connectivity index is 1.28. The van der Waals surface area contributed by atoms with Gasteiger partial charge in [0.2, 0.25) is 0 Å². The second-order valence-electron chi connectivity index (χ2n) is 10.6. The third-order valence-corrected chi connectivity index (χ3v) is 7.14. The van der Waals surface area contributed by atoms with Crippen LogP contribution in [-0.2, 0) is 22.7 Å². The Morgan fingerprint density at radius 2 is 1.83 bits per heavy atom. The van der Waals surface area contributed by atoms with Crippen LogP contribution in [0.3, 0.4) is 0 Å². The quantitative estimate of drug-likeness (QED) is 0.215. The molecule has 1 fully saturated rings. The second-order valence-corrected chi connectivity index (χ2v) is 10.6. The van der Waals surface area contributed by atoms with Crippen LogP contribution in [0.4, 0.5) is 10.5 Å². The van der Waals surface area contributed by atoms with E-state index in [0.29, 0.717) is 52.0 Å². The number of ether oxygens (including phenoxy) is 4. The summed E-state index contributed by atoms with van der Waals surface area (Å²) in [5.41, 5.74) is 4.26. The van der Waals surface area contributed by atoms with Gasteiger partial charge in [-0.1, -0.05) is 42.5 Å². The molecule has 0 radical (unpaired) electrons. The molecule has 2 N–H and O–H groups in total. The summed E-state index contributed by atoms with van der Waals surface area (Å²) in [6.45, 7) is 7.11. The van der Waals surface area contributed by atoms with E-state index in [9.17, 15) is 9.90 Å². The number of amides is 1. The van der Waals surface area contributed by atoms with Gasteiger partial charge in [-0.2, -0.15) is 0 Å². The molecule has 0 aliphatic carbocycles. The lowest BCUT2D eigenvalue weighted by molar-refractivity contribution is -0.0199. The maximum Gasteiger partial charge on any atom is 0.407 e. The van der Waals surface area contributed by atoms with E-state index in [-0.39, 0.29) is 12.0 Å². The van der Waals surface area contributed by atoms with Crippen LogP contribution in [0.25, 0.3) is 0 Å². The van der Waals surface area contributed by atoms with E-state index in [1.807, 2.05) is 54.6 Å². The lowest BCUT2D eigenvalue weighted by atomic mass is 9.87. The van der Waals surface area contributed by atoms with Gasteiger partial charge in [-0.15, -0.1) is 0 Å². The largest absolute Gasteiger partial charge is 0.496 e. The summed E-state index contributed by atoms with van der Waals surface area (Å²) in [7, 11) is 1.66. The van der Waals surface area contributed by atoms with Crippen molar-refractivity contribution in [3.63, 3.8) is 0 Å². The lowest BCUT2D eigenvalue weighted by Gasteiger charge is -2.37. The molecule has 8 nitrogen and oxygen atoms in total. The predicted octanol–water partition coefficient (Wildman–Crippen LogP) is 6.55. The average molecular weight is 563 g/mol. The van der Waals surface area contributed by atoms with Crippen LogP contribution in [0, 0.1) is 0 Å². The topological polar surface area (TPSA) is 89.5 Å². The first-order valence-electron chi connectivity index (χ1n) is 14.3. The number of para-hydroxylation sites is 1. The van der Waals surface area contributed by atoms with Crippen LogP contribution in [0.5, 0.6) is 11.5 Å². The minimum Gasteiger partial charge on any atom is -0.496 e. The molecular formula is C33H42N2O6. The molecule has 220 valence electrons. The molecule has 3 aromatic rings. The van der Waals surface area contributed by atoms with Crippen LogP contribution in [0.2, 0.25) is 0 Å². The van der Waals surface area contributed by atoms with Crippen molar-refractivity contribution in [3.8, 4) is 11.5 Å². The van der Waals surface area contributed by atoms with Gasteiger partial charge in [-0.25, -0.2) is 4.79 Å². The summed E-state index contributed by atoms with van der Waals surface area (Å²) in [6, 6.07) is 24.4. The third-order valence-electron chi connectivity index (χ3n) is 7.14. The molecule has 1 aliphatic heterocycles. The zero-order chi connectivity index (χ0) is 29.0. The van der Waals surface area contributed by atoms with Crippen LogP contribution in [-0.4, -0.2) is 61.7 Å². The van der Waals surface area contributed by atoms with Crippen molar-refractivity contribution in [2.24, 2.45) is 0 Å². The number of rotatable bonds is 14. The van der Waals surface area contributed by atoms with Crippen molar-refractivity contribution >= 4 is 11.8 Å². The minimum atomic E-state index is -0.907. The van der Waals surface area contributed by atoms with Crippen LogP contribution >= 0.6 is 0 Å². The number of hydrogen-bond donors (Lipinski definition) is 2. The van der Waals surface area contributed by atoms with Crippen molar-refractivity contribution in [2.45, 2.75) is 58.0 Å². The maximum absolute atomic E-state index is 11.7. The van der Waals surface area contributed by atoms with Crippen molar-refractivity contribution in [2.75, 3.05) is 38.7 Å². The fourth-order valence-corrected chi connectivity index (χ4v) is 5.09. The van der Waals surface area contributed by atoms with E-state index in [4.69, 9.17) is 18.9 Å². The van der Waals surface area contributed by atoms with Gasteiger partial charge in [-0.3, -0.25) is 0 Å². The van der Waals surface area contributed by atoms with Gasteiger partial charge in [-0.05, 0) is 61.7 Å². The van der Waals surface area contributed by atoms with E-state index >= 15 is 0 Å². The maximum atomic E-state index is 11.7. The fourth-order valence-electron chi connectivity index (χ4n) is 5.09. The number of nitrogens with one attached hydrogen (secondary N) is 1. The Bertz CT molecular complexity index is 1230. The number of piperidine rings is 1. The molecule has 41 heavy (non-hydrogen) atoms. The smallest absolute Gasteiger partial charge is 0.407 e. The van der Waals surface area contributed by atoms with Gasteiger partial charge in [0.25, 0.3) is 0 Å². The van der Waals surface area contributed by atoms with E-state index < -0.39 is 6.09 Å². The van der Waals surface area contributed by atoms with E-state index in [2.05, 4.69) is 37.4 Å². The number of hydrogen-bond acceptors (Lipinski definition) is 6. The Hall–Kier alpha value is -3.75. The first-order valence-corrected chi connectivity index (χ1v) is 14.3. The van der Waals surface area contributed by atoms with Gasteiger partial charge in [0, 0.05) is 36.2 Å². The molecule has 0 bridgehead atoms. The minimum absolute atomic E-state index is 0.0972. The lowest BCUT2D eigenvalue weighted by Crippen LogP contribution is -2.46. The first-order chi connectivity index (χ1) is 19.9. The fraction of sp³-hybridized carbons (Fsp3) is 0.424. The summed E-state index contributed by atoms with van der Waals surface area (Å²) < 4.78 is 23.5. The summed E-state index contributed by atoms with van der Waals surface area (Å²) in [6.07, 6.45) is 0.328. The number of likely N-dealkylation sites (tertiary alicyclic amines) is 1. The number of carbonyl (C=O) groups is 1. The van der Waals surface area contributed by atoms with Gasteiger partial charge in [0.15, 0.2) is 0 Å². The summed E-state index contributed by atoms with van der Waals surface area (Å²) in [5, 5.41) is 13.0. The molecule has 1 aliphatic rings. The van der Waals surface area contributed by atoms with Gasteiger partial charge >= 0.3 is 6.09 Å². The molecule has 1 amide bonds. The highest BCUT2D eigenvalue weighted by atomic mass is 16.5. The summed E-state index contributed by atoms with van der Waals surface area (Å²) in [4.78, 5) is 13.2. The SMILES string of the molecule is COc1ccccc1COCCCOc1ccc(C2CCN(C(=O)O)CC2OCc2cccc(NC(C)C)c2)cc1.